The van der Waals surface area contributed by atoms with Crippen molar-refractivity contribution in [3.63, 3.8) is 0 Å². The van der Waals surface area contributed by atoms with Crippen LogP contribution in [0.3, 0.4) is 0 Å². The number of hydrogen-bond donors (Lipinski definition) is 2. The van der Waals surface area contributed by atoms with Gasteiger partial charge in [-0.25, -0.2) is 4.39 Å². The molecule has 1 unspecified atom stereocenters. The smallest absolute Gasteiger partial charge is 0.307 e. The maximum Gasteiger partial charge on any atom is 0.307 e. The predicted octanol–water partition coefficient (Wildman–Crippen LogP) is 5.69. The van der Waals surface area contributed by atoms with Crippen LogP contribution in [0.15, 0.2) is 60.7 Å². The van der Waals surface area contributed by atoms with Crippen LogP contribution >= 0.6 is 0 Å². The molecule has 3 aromatic carbocycles. The van der Waals surface area contributed by atoms with Gasteiger partial charge >= 0.3 is 5.97 Å². The van der Waals surface area contributed by atoms with Crippen molar-refractivity contribution in [3.8, 4) is 11.5 Å². The minimum absolute atomic E-state index is 0.0249. The van der Waals surface area contributed by atoms with Gasteiger partial charge < -0.3 is 19.7 Å². The number of rotatable bonds is 12. The number of carboxylic acid groups (broad SMARTS) is 1. The van der Waals surface area contributed by atoms with Gasteiger partial charge in [-0.05, 0) is 85.0 Å². The summed E-state index contributed by atoms with van der Waals surface area (Å²) in [6, 6.07) is 17.8. The van der Waals surface area contributed by atoms with Crippen molar-refractivity contribution in [3.05, 3.63) is 94.3 Å². The van der Waals surface area contributed by atoms with E-state index >= 15 is 0 Å². The summed E-state index contributed by atoms with van der Waals surface area (Å²) in [6.07, 6.45) is 2.01. The summed E-state index contributed by atoms with van der Waals surface area (Å²) in [4.78, 5) is 11.0. The average molecular weight is 481 g/mol. The van der Waals surface area contributed by atoms with Crippen LogP contribution in [0.5, 0.6) is 11.5 Å². The lowest BCUT2D eigenvalue weighted by Gasteiger charge is -2.25. The van der Waals surface area contributed by atoms with E-state index in [1.54, 1.807) is 26.4 Å². The molecule has 0 aliphatic heterocycles. The molecule has 0 saturated carbocycles. The molecule has 0 fully saturated rings. The van der Waals surface area contributed by atoms with Crippen LogP contribution in [0, 0.1) is 18.7 Å². The second-order valence-corrected chi connectivity index (χ2v) is 8.87. The first-order chi connectivity index (χ1) is 16.8. The SMILES string of the molecule is COc1cc(C(O)[C@H](CCCc2cccc(F)c2)Cc2ccc(CC(=O)O)cc2)cc(OC)c1C. The fourth-order valence-electron chi connectivity index (χ4n) is 4.45. The number of benzene rings is 3. The third-order valence-electron chi connectivity index (χ3n) is 6.37. The largest absolute Gasteiger partial charge is 0.496 e. The van der Waals surface area contributed by atoms with Gasteiger partial charge in [0.1, 0.15) is 17.3 Å². The van der Waals surface area contributed by atoms with E-state index < -0.39 is 12.1 Å². The number of carbonyl (C=O) groups is 1. The van der Waals surface area contributed by atoms with Gasteiger partial charge in [-0.3, -0.25) is 4.79 Å². The number of aliphatic hydroxyl groups excluding tert-OH is 1. The van der Waals surface area contributed by atoms with Gasteiger partial charge in [0.05, 0.1) is 26.7 Å². The highest BCUT2D eigenvalue weighted by molar-refractivity contribution is 5.70. The van der Waals surface area contributed by atoms with Gasteiger partial charge in [-0.15, -0.1) is 0 Å². The number of hydrogen-bond acceptors (Lipinski definition) is 4. The summed E-state index contributed by atoms with van der Waals surface area (Å²) in [6.45, 7) is 1.91. The van der Waals surface area contributed by atoms with E-state index in [0.29, 0.717) is 36.3 Å². The summed E-state index contributed by atoms with van der Waals surface area (Å²) >= 11 is 0. The molecule has 2 N–H and O–H groups in total. The highest BCUT2D eigenvalue weighted by Crippen LogP contribution is 2.36. The van der Waals surface area contributed by atoms with Crippen molar-refractivity contribution >= 4 is 5.97 Å². The molecule has 0 spiro atoms. The zero-order valence-electron chi connectivity index (χ0n) is 20.5. The number of carboxylic acids is 1. The van der Waals surface area contributed by atoms with Crippen LogP contribution in [-0.4, -0.2) is 30.4 Å². The Morgan fingerprint density at radius 1 is 0.943 bits per heavy atom. The van der Waals surface area contributed by atoms with Crippen molar-refractivity contribution in [1.82, 2.24) is 0 Å². The Balaban J connectivity index is 1.82. The van der Waals surface area contributed by atoms with Crippen molar-refractivity contribution in [2.45, 2.75) is 45.1 Å². The highest BCUT2D eigenvalue weighted by atomic mass is 19.1. The van der Waals surface area contributed by atoms with Gasteiger partial charge in [0.2, 0.25) is 0 Å². The van der Waals surface area contributed by atoms with E-state index in [1.165, 1.54) is 6.07 Å². The second kappa shape index (κ2) is 12.4. The summed E-state index contributed by atoms with van der Waals surface area (Å²) in [5, 5.41) is 20.5. The molecule has 0 heterocycles. The van der Waals surface area contributed by atoms with Crippen molar-refractivity contribution < 1.29 is 28.9 Å². The Morgan fingerprint density at radius 2 is 1.57 bits per heavy atom. The Labute approximate surface area is 206 Å². The molecule has 0 bridgehead atoms. The molecule has 6 heteroatoms. The molecule has 0 aliphatic rings. The Kier molecular flexibility index (Phi) is 9.26. The van der Waals surface area contributed by atoms with Crippen molar-refractivity contribution in [2.24, 2.45) is 5.92 Å². The van der Waals surface area contributed by atoms with E-state index in [4.69, 9.17) is 14.6 Å². The normalized spacial score (nSPS) is 12.7. The number of aryl methyl sites for hydroxylation is 1. The lowest BCUT2D eigenvalue weighted by Crippen LogP contribution is -2.17. The topological polar surface area (TPSA) is 76.0 Å². The number of methoxy groups -OCH3 is 2. The van der Waals surface area contributed by atoms with Crippen LogP contribution in [0.25, 0.3) is 0 Å². The van der Waals surface area contributed by atoms with E-state index in [-0.39, 0.29) is 18.2 Å². The summed E-state index contributed by atoms with van der Waals surface area (Å²) < 4.78 is 24.6. The standard InChI is InChI=1S/C29H33FO5/c1-19-26(34-2)17-24(18-27(19)35-3)29(33)23(8-4-6-20-7-5-9-25(30)15-20)14-21-10-12-22(13-11-21)16-28(31)32/h5,7,9-13,15,17-18,23,29,33H,4,6,8,14,16H2,1-3H3,(H,31,32)/t23-,29?/m1/s1. The average Bonchev–Trinajstić information content (AvgIpc) is 2.84. The lowest BCUT2D eigenvalue weighted by molar-refractivity contribution is -0.136. The molecular weight excluding hydrogens is 447 g/mol. The first kappa shape index (κ1) is 26.2. The van der Waals surface area contributed by atoms with Crippen molar-refractivity contribution in [1.29, 1.82) is 0 Å². The minimum Gasteiger partial charge on any atom is -0.496 e. The quantitative estimate of drug-likeness (QED) is 0.348. The van der Waals surface area contributed by atoms with Gasteiger partial charge in [-0.1, -0.05) is 36.4 Å². The third kappa shape index (κ3) is 7.30. The Hall–Kier alpha value is -3.38. The van der Waals surface area contributed by atoms with E-state index in [1.807, 2.05) is 49.4 Å². The Bertz CT molecular complexity index is 1100. The molecule has 0 amide bonds. The molecule has 0 aliphatic carbocycles. The molecule has 0 radical (unpaired) electrons. The third-order valence-corrected chi connectivity index (χ3v) is 6.37. The van der Waals surface area contributed by atoms with Crippen LogP contribution < -0.4 is 9.47 Å². The van der Waals surface area contributed by atoms with Gasteiger partial charge in [0.25, 0.3) is 0 Å². The number of halogens is 1. The van der Waals surface area contributed by atoms with Crippen LogP contribution in [-0.2, 0) is 24.1 Å². The summed E-state index contributed by atoms with van der Waals surface area (Å²) in [5.74, 6) is 0.0564. The molecular formula is C29H33FO5. The van der Waals surface area contributed by atoms with Crippen molar-refractivity contribution in [2.75, 3.05) is 14.2 Å². The highest BCUT2D eigenvalue weighted by Gasteiger charge is 2.24. The number of ether oxygens (including phenoxy) is 2. The first-order valence-electron chi connectivity index (χ1n) is 11.7. The maximum atomic E-state index is 13.6. The molecule has 35 heavy (non-hydrogen) atoms. The lowest BCUT2D eigenvalue weighted by atomic mass is 9.85. The van der Waals surface area contributed by atoms with Crippen LogP contribution in [0.4, 0.5) is 4.39 Å². The van der Waals surface area contributed by atoms with Gasteiger partial charge in [0.15, 0.2) is 0 Å². The van der Waals surface area contributed by atoms with Gasteiger partial charge in [0, 0.05) is 5.56 Å². The number of aliphatic carboxylic acids is 1. The molecule has 0 saturated heterocycles. The molecule has 3 aromatic rings. The zero-order valence-corrected chi connectivity index (χ0v) is 20.5. The van der Waals surface area contributed by atoms with E-state index in [9.17, 15) is 14.3 Å². The van der Waals surface area contributed by atoms with Crippen LogP contribution in [0.1, 0.15) is 46.8 Å². The Morgan fingerprint density at radius 3 is 2.14 bits per heavy atom. The summed E-state index contributed by atoms with van der Waals surface area (Å²) in [5.41, 5.74) is 4.25. The molecule has 2 atom stereocenters. The molecule has 5 nitrogen and oxygen atoms in total. The zero-order chi connectivity index (χ0) is 25.4. The fourth-order valence-corrected chi connectivity index (χ4v) is 4.45. The summed E-state index contributed by atoms with van der Waals surface area (Å²) in [7, 11) is 3.18. The number of aliphatic hydroxyl groups is 1. The maximum absolute atomic E-state index is 13.6. The van der Waals surface area contributed by atoms with E-state index in [2.05, 4.69) is 0 Å². The predicted molar refractivity (Wildman–Crippen MR) is 134 cm³/mol. The molecule has 3 rings (SSSR count). The fraction of sp³-hybridized carbons (Fsp3) is 0.345. The molecule has 0 aromatic heterocycles. The molecule has 186 valence electrons. The monoisotopic (exact) mass is 480 g/mol. The van der Waals surface area contributed by atoms with E-state index in [0.717, 1.165) is 28.7 Å². The first-order valence-corrected chi connectivity index (χ1v) is 11.7. The van der Waals surface area contributed by atoms with Gasteiger partial charge in [-0.2, -0.15) is 0 Å². The minimum atomic E-state index is -0.870. The van der Waals surface area contributed by atoms with Crippen LogP contribution in [0.2, 0.25) is 0 Å². The second-order valence-electron chi connectivity index (χ2n) is 8.87.